The number of nitrogens with one attached hydrogen (secondary N) is 2. The number of hydrogen-bond acceptors (Lipinski definition) is 5. The minimum absolute atomic E-state index is 0. The lowest BCUT2D eigenvalue weighted by Crippen LogP contribution is -2.44. The Morgan fingerprint density at radius 2 is 1.85 bits per heavy atom. The first-order valence-electron chi connectivity index (χ1n) is 8.52. The van der Waals surface area contributed by atoms with Crippen LogP contribution in [0.15, 0.2) is 29.3 Å². The van der Waals surface area contributed by atoms with Crippen LogP contribution in [0, 0.1) is 0 Å². The third-order valence-electron chi connectivity index (χ3n) is 3.64. The van der Waals surface area contributed by atoms with E-state index in [1.807, 2.05) is 31.2 Å². The summed E-state index contributed by atoms with van der Waals surface area (Å²) in [6, 6.07) is 7.64. The molecule has 0 saturated carbocycles. The predicted octanol–water partition coefficient (Wildman–Crippen LogP) is 1.82. The van der Waals surface area contributed by atoms with Crippen molar-refractivity contribution in [1.29, 1.82) is 0 Å². The fraction of sp³-hybridized carbons (Fsp3) is 0.611. The van der Waals surface area contributed by atoms with E-state index in [4.69, 9.17) is 14.2 Å². The van der Waals surface area contributed by atoms with Crippen molar-refractivity contribution in [2.24, 2.45) is 4.99 Å². The van der Waals surface area contributed by atoms with Crippen LogP contribution in [-0.2, 0) is 4.74 Å². The van der Waals surface area contributed by atoms with E-state index >= 15 is 0 Å². The minimum atomic E-state index is -0.0285. The summed E-state index contributed by atoms with van der Waals surface area (Å²) in [4.78, 5) is 6.44. The van der Waals surface area contributed by atoms with Crippen molar-refractivity contribution < 1.29 is 14.2 Å². The largest absolute Gasteiger partial charge is 0.493 e. The van der Waals surface area contributed by atoms with Crippen molar-refractivity contribution >= 4 is 29.9 Å². The third-order valence-corrected chi connectivity index (χ3v) is 3.64. The molecule has 0 bridgehead atoms. The molecule has 1 aromatic rings. The third kappa shape index (κ3) is 10.0. The number of benzene rings is 1. The van der Waals surface area contributed by atoms with Crippen molar-refractivity contribution in [3.05, 3.63) is 24.3 Å². The Labute approximate surface area is 174 Å². The topological polar surface area (TPSA) is 67.4 Å². The summed E-state index contributed by atoms with van der Waals surface area (Å²) in [7, 11) is 7.18. The van der Waals surface area contributed by atoms with E-state index in [2.05, 4.69) is 27.6 Å². The molecule has 26 heavy (non-hydrogen) atoms. The molecule has 0 aliphatic rings. The average molecular weight is 480 g/mol. The molecule has 1 atom stereocenters. The number of aliphatic imine (C=N–C) groups is 1. The summed E-state index contributed by atoms with van der Waals surface area (Å²) < 4.78 is 16.3. The normalized spacial score (nSPS) is 12.3. The highest BCUT2D eigenvalue weighted by atomic mass is 127. The molecule has 0 spiro atoms. The van der Waals surface area contributed by atoms with Gasteiger partial charge in [-0.15, -0.1) is 24.0 Å². The van der Waals surface area contributed by atoms with Crippen LogP contribution in [0.4, 0.5) is 0 Å². The Balaban J connectivity index is 0.00000625. The van der Waals surface area contributed by atoms with Crippen LogP contribution in [0.1, 0.15) is 6.92 Å². The van der Waals surface area contributed by atoms with Crippen molar-refractivity contribution in [3.63, 3.8) is 0 Å². The van der Waals surface area contributed by atoms with Crippen molar-refractivity contribution in [2.75, 3.05) is 61.1 Å². The van der Waals surface area contributed by atoms with E-state index in [-0.39, 0.29) is 30.1 Å². The zero-order chi connectivity index (χ0) is 18.5. The van der Waals surface area contributed by atoms with Gasteiger partial charge in [0.25, 0.3) is 0 Å². The van der Waals surface area contributed by atoms with Gasteiger partial charge in [0.1, 0.15) is 6.10 Å². The van der Waals surface area contributed by atoms with E-state index in [9.17, 15) is 0 Å². The van der Waals surface area contributed by atoms with Crippen molar-refractivity contribution in [3.8, 4) is 11.5 Å². The lowest BCUT2D eigenvalue weighted by molar-refractivity contribution is 0.162. The first-order chi connectivity index (χ1) is 12.1. The number of hydrogen-bond donors (Lipinski definition) is 2. The summed E-state index contributed by atoms with van der Waals surface area (Å²) in [5.74, 6) is 2.23. The van der Waals surface area contributed by atoms with Gasteiger partial charge in [0.15, 0.2) is 17.5 Å². The van der Waals surface area contributed by atoms with Gasteiger partial charge in [-0.3, -0.25) is 4.99 Å². The molecule has 0 aliphatic heterocycles. The second-order valence-electron chi connectivity index (χ2n) is 5.76. The minimum Gasteiger partial charge on any atom is -0.493 e. The second-order valence-corrected chi connectivity index (χ2v) is 5.76. The highest BCUT2D eigenvalue weighted by Crippen LogP contribution is 2.26. The fourth-order valence-corrected chi connectivity index (χ4v) is 2.16. The number of methoxy groups -OCH3 is 2. The molecule has 0 heterocycles. The lowest BCUT2D eigenvalue weighted by Gasteiger charge is -2.20. The van der Waals surface area contributed by atoms with Crippen LogP contribution in [0.3, 0.4) is 0 Å². The van der Waals surface area contributed by atoms with Crippen molar-refractivity contribution in [1.82, 2.24) is 15.5 Å². The van der Waals surface area contributed by atoms with Crippen LogP contribution < -0.4 is 20.1 Å². The summed E-state index contributed by atoms with van der Waals surface area (Å²) in [6.07, 6.45) is -0.0285. The Bertz CT molecular complexity index is 517. The maximum atomic E-state index is 5.93. The molecule has 0 aliphatic carbocycles. The first kappa shape index (κ1) is 24.7. The van der Waals surface area contributed by atoms with E-state index in [1.54, 1.807) is 21.3 Å². The van der Waals surface area contributed by atoms with Crippen LogP contribution >= 0.6 is 24.0 Å². The van der Waals surface area contributed by atoms with E-state index < -0.39 is 0 Å². The molecule has 8 heteroatoms. The smallest absolute Gasteiger partial charge is 0.191 e. The summed E-state index contributed by atoms with van der Waals surface area (Å²) in [5.41, 5.74) is 0. The molecule has 2 N–H and O–H groups in total. The summed E-state index contributed by atoms with van der Waals surface area (Å²) in [6.45, 7) is 6.01. The van der Waals surface area contributed by atoms with Gasteiger partial charge in [0, 0.05) is 33.8 Å². The highest BCUT2D eigenvalue weighted by Gasteiger charge is 2.09. The van der Waals surface area contributed by atoms with E-state index in [0.29, 0.717) is 6.54 Å². The van der Waals surface area contributed by atoms with Gasteiger partial charge in [-0.2, -0.15) is 0 Å². The number of rotatable bonds is 11. The number of nitrogens with zero attached hydrogens (tertiary/aromatic N) is 2. The number of para-hydroxylation sites is 2. The molecular formula is C18H33IN4O3. The number of guanidine groups is 1. The number of halogens is 1. The lowest BCUT2D eigenvalue weighted by atomic mass is 10.3. The standard InChI is InChI=1S/C18H32N4O3.HI/c1-15(25-17-9-7-6-8-16(17)24-5)14-21-18(19-2)20-10-11-22(3)12-13-23-4;/h6-9,15H,10-14H2,1-5H3,(H2,19,20,21);1H. The van der Waals surface area contributed by atoms with Crippen LogP contribution in [-0.4, -0.2) is 78.1 Å². The van der Waals surface area contributed by atoms with E-state index in [1.165, 1.54) is 0 Å². The molecular weight excluding hydrogens is 447 g/mol. The highest BCUT2D eigenvalue weighted by molar-refractivity contribution is 14.0. The molecule has 0 saturated heterocycles. The molecule has 1 unspecified atom stereocenters. The van der Waals surface area contributed by atoms with Gasteiger partial charge >= 0.3 is 0 Å². The van der Waals surface area contributed by atoms with Gasteiger partial charge in [0.05, 0.1) is 20.3 Å². The Hall–Kier alpha value is -1.26. The zero-order valence-corrected chi connectivity index (χ0v) is 18.8. The predicted molar refractivity (Wildman–Crippen MR) is 117 cm³/mol. The first-order valence-corrected chi connectivity index (χ1v) is 8.52. The molecule has 7 nitrogen and oxygen atoms in total. The maximum absolute atomic E-state index is 5.93. The van der Waals surface area contributed by atoms with Gasteiger partial charge in [-0.05, 0) is 26.1 Å². The molecule has 1 aromatic carbocycles. The van der Waals surface area contributed by atoms with Gasteiger partial charge in [-0.25, -0.2) is 0 Å². The molecule has 0 fully saturated rings. The zero-order valence-electron chi connectivity index (χ0n) is 16.4. The van der Waals surface area contributed by atoms with Crippen molar-refractivity contribution in [2.45, 2.75) is 13.0 Å². The van der Waals surface area contributed by atoms with Crippen LogP contribution in [0.25, 0.3) is 0 Å². The van der Waals surface area contributed by atoms with E-state index in [0.717, 1.165) is 43.7 Å². The van der Waals surface area contributed by atoms with Crippen LogP contribution in [0.5, 0.6) is 11.5 Å². The maximum Gasteiger partial charge on any atom is 0.191 e. The molecule has 1 rings (SSSR count). The molecule has 0 amide bonds. The summed E-state index contributed by atoms with van der Waals surface area (Å²) >= 11 is 0. The number of likely N-dealkylation sites (N-methyl/N-ethyl adjacent to an activating group) is 1. The monoisotopic (exact) mass is 480 g/mol. The summed E-state index contributed by atoms with van der Waals surface area (Å²) in [5, 5.41) is 6.57. The average Bonchev–Trinajstić information content (AvgIpc) is 2.63. The Morgan fingerprint density at radius 1 is 1.15 bits per heavy atom. The quantitative estimate of drug-likeness (QED) is 0.286. The Morgan fingerprint density at radius 3 is 2.46 bits per heavy atom. The van der Waals surface area contributed by atoms with Gasteiger partial charge < -0.3 is 29.7 Å². The number of ether oxygens (including phenoxy) is 3. The molecule has 150 valence electrons. The molecule has 0 radical (unpaired) electrons. The Kier molecular flexibility index (Phi) is 14.1. The molecule has 0 aromatic heterocycles. The second kappa shape index (κ2) is 14.9. The van der Waals surface area contributed by atoms with Gasteiger partial charge in [0.2, 0.25) is 0 Å². The van der Waals surface area contributed by atoms with Gasteiger partial charge in [-0.1, -0.05) is 12.1 Å². The fourth-order valence-electron chi connectivity index (χ4n) is 2.16. The SMILES string of the molecule is CN=C(NCCN(C)CCOC)NCC(C)Oc1ccccc1OC.I. The van der Waals surface area contributed by atoms with Crippen LogP contribution in [0.2, 0.25) is 0 Å².